The zero-order valence-electron chi connectivity index (χ0n) is 14.0. The van der Waals surface area contributed by atoms with Crippen LogP contribution in [0.5, 0.6) is 0 Å². The first-order valence-electron chi connectivity index (χ1n) is 8.28. The highest BCUT2D eigenvalue weighted by molar-refractivity contribution is 7.92. The van der Waals surface area contributed by atoms with Gasteiger partial charge in [0.25, 0.3) is 10.0 Å². The molecule has 2 aliphatic heterocycles. The second kappa shape index (κ2) is 5.34. The number of para-hydroxylation sites is 1. The number of ether oxygens (including phenoxy) is 1. The van der Waals surface area contributed by atoms with E-state index < -0.39 is 34.4 Å². The van der Waals surface area contributed by atoms with E-state index in [1.807, 2.05) is 6.92 Å². The molecule has 1 fully saturated rings. The maximum atomic E-state index is 13.2. The number of rotatable bonds is 2. The Bertz CT molecular complexity index is 942. The lowest BCUT2D eigenvalue weighted by Gasteiger charge is -2.35. The minimum absolute atomic E-state index is 0.0534. The molecular weight excluding hydrogens is 326 g/mol. The van der Waals surface area contributed by atoms with Crippen molar-refractivity contribution in [3.63, 3.8) is 0 Å². The predicted molar refractivity (Wildman–Crippen MR) is 89.1 cm³/mol. The van der Waals surface area contributed by atoms with E-state index in [0.717, 1.165) is 5.56 Å². The third kappa shape index (κ3) is 2.29. The molecule has 1 saturated heterocycles. The fraction of sp³-hybridized carbons (Fsp3) is 0.278. The Morgan fingerprint density at radius 1 is 1.17 bits per heavy atom. The van der Waals surface area contributed by atoms with Crippen LogP contribution in [-0.4, -0.2) is 20.9 Å². The van der Waals surface area contributed by atoms with Crippen molar-refractivity contribution in [2.45, 2.75) is 24.3 Å². The van der Waals surface area contributed by atoms with E-state index in [4.69, 9.17) is 6.11 Å². The summed E-state index contributed by atoms with van der Waals surface area (Å²) in [5.74, 6) is -1.11. The molecule has 124 valence electrons. The first-order chi connectivity index (χ1) is 11.9. The topological polar surface area (TPSA) is 63.7 Å². The normalized spacial score (nSPS) is 26.4. The van der Waals surface area contributed by atoms with Gasteiger partial charge in [0.2, 0.25) is 0 Å². The minimum atomic E-state index is -3.79. The zero-order chi connectivity index (χ0) is 17.8. The summed E-state index contributed by atoms with van der Waals surface area (Å²) < 4.78 is 41.0. The van der Waals surface area contributed by atoms with Gasteiger partial charge in [0.05, 0.1) is 17.0 Å². The lowest BCUT2D eigenvalue weighted by atomic mass is 9.90. The van der Waals surface area contributed by atoms with E-state index in [1.165, 1.54) is 4.31 Å². The third-order valence-corrected chi connectivity index (χ3v) is 6.27. The number of esters is 1. The molecule has 2 aromatic rings. The van der Waals surface area contributed by atoms with Crippen LogP contribution in [0.3, 0.4) is 0 Å². The number of carbonyl (C=O) groups excluding carboxylic acids is 1. The molecule has 24 heavy (non-hydrogen) atoms. The van der Waals surface area contributed by atoms with Crippen molar-refractivity contribution in [2.75, 3.05) is 10.8 Å². The Morgan fingerprint density at radius 2 is 1.88 bits per heavy atom. The number of fused-ring (bicyclic) bond motifs is 3. The summed E-state index contributed by atoms with van der Waals surface area (Å²) in [6.07, 6.45) is -1.63. The molecule has 4 rings (SSSR count). The molecule has 1 unspecified atom stereocenters. The molecule has 0 N–H and O–H groups in total. The summed E-state index contributed by atoms with van der Waals surface area (Å²) in [5.41, 5.74) is 2.11. The third-order valence-electron chi connectivity index (χ3n) is 4.48. The van der Waals surface area contributed by atoms with Crippen molar-refractivity contribution in [1.29, 1.82) is 0 Å². The summed E-state index contributed by atoms with van der Waals surface area (Å²) in [6.45, 7) is 1.95. The van der Waals surface area contributed by atoms with Crippen LogP contribution >= 0.6 is 0 Å². The number of sulfonamides is 1. The Kier molecular flexibility index (Phi) is 3.13. The molecular formula is C18H17NO4S. The molecule has 0 bridgehead atoms. The SMILES string of the molecule is [2H]C1C(=O)O[C@@H]2c3ccccc3N(S(=O)(=O)c3ccc(C)cc3)C[C@H]12. The number of nitrogens with zero attached hydrogens (tertiary/aromatic N) is 1. The van der Waals surface area contributed by atoms with Crippen molar-refractivity contribution in [3.05, 3.63) is 59.7 Å². The molecule has 2 aliphatic rings. The first-order valence-corrected chi connectivity index (χ1v) is 9.14. The van der Waals surface area contributed by atoms with Gasteiger partial charge in [-0.25, -0.2) is 8.42 Å². The quantitative estimate of drug-likeness (QED) is 0.786. The van der Waals surface area contributed by atoms with Gasteiger partial charge in [-0.2, -0.15) is 0 Å². The number of aryl methyl sites for hydroxylation is 1. The summed E-state index contributed by atoms with van der Waals surface area (Å²) in [7, 11) is -3.79. The number of hydrogen-bond donors (Lipinski definition) is 0. The van der Waals surface area contributed by atoms with Crippen molar-refractivity contribution in [3.8, 4) is 0 Å². The first kappa shape index (κ1) is 14.0. The van der Waals surface area contributed by atoms with Gasteiger partial charge in [0.15, 0.2) is 0 Å². The van der Waals surface area contributed by atoms with E-state index in [2.05, 4.69) is 0 Å². The Balaban J connectivity index is 1.84. The van der Waals surface area contributed by atoms with Gasteiger partial charge in [0, 0.05) is 19.4 Å². The van der Waals surface area contributed by atoms with Gasteiger partial charge < -0.3 is 4.74 Å². The van der Waals surface area contributed by atoms with Gasteiger partial charge in [0.1, 0.15) is 6.10 Å². The average molecular weight is 344 g/mol. The zero-order valence-corrected chi connectivity index (χ0v) is 13.9. The largest absolute Gasteiger partial charge is 0.457 e. The van der Waals surface area contributed by atoms with Gasteiger partial charge >= 0.3 is 5.97 Å². The fourth-order valence-electron chi connectivity index (χ4n) is 3.27. The molecule has 0 saturated carbocycles. The maximum absolute atomic E-state index is 13.2. The molecule has 0 aromatic heterocycles. The number of carbonyl (C=O) groups is 1. The van der Waals surface area contributed by atoms with Gasteiger partial charge in [-0.05, 0) is 25.1 Å². The van der Waals surface area contributed by atoms with Crippen LogP contribution in [0.4, 0.5) is 5.69 Å². The summed E-state index contributed by atoms with van der Waals surface area (Å²) >= 11 is 0. The number of anilines is 1. The van der Waals surface area contributed by atoms with E-state index in [0.29, 0.717) is 11.3 Å². The van der Waals surface area contributed by atoms with Crippen molar-refractivity contribution in [1.82, 2.24) is 0 Å². The van der Waals surface area contributed by atoms with Crippen molar-refractivity contribution >= 4 is 21.7 Å². The van der Waals surface area contributed by atoms with E-state index in [-0.39, 0.29) is 11.4 Å². The highest BCUT2D eigenvalue weighted by atomic mass is 32.2. The fourth-order valence-corrected chi connectivity index (χ4v) is 4.79. The van der Waals surface area contributed by atoms with Crippen LogP contribution in [0.1, 0.15) is 25.0 Å². The van der Waals surface area contributed by atoms with Crippen LogP contribution in [0.25, 0.3) is 0 Å². The number of benzene rings is 2. The molecule has 3 atom stereocenters. The summed E-state index contributed by atoms with van der Waals surface area (Å²) in [4.78, 5) is 12.0. The van der Waals surface area contributed by atoms with Crippen LogP contribution in [-0.2, 0) is 19.6 Å². The highest BCUT2D eigenvalue weighted by Crippen LogP contribution is 2.46. The van der Waals surface area contributed by atoms with E-state index in [1.54, 1.807) is 48.5 Å². The van der Waals surface area contributed by atoms with Crippen molar-refractivity contribution in [2.24, 2.45) is 5.92 Å². The average Bonchev–Trinajstić information content (AvgIpc) is 2.89. The molecule has 5 nitrogen and oxygen atoms in total. The minimum Gasteiger partial charge on any atom is -0.457 e. The smallest absolute Gasteiger partial charge is 0.306 e. The summed E-state index contributed by atoms with van der Waals surface area (Å²) in [6, 6.07) is 13.7. The molecule has 0 radical (unpaired) electrons. The van der Waals surface area contributed by atoms with Gasteiger partial charge in [-0.3, -0.25) is 9.10 Å². The van der Waals surface area contributed by atoms with Crippen molar-refractivity contribution < 1.29 is 19.3 Å². The second-order valence-corrected chi connectivity index (χ2v) is 7.96. The molecule has 0 spiro atoms. The molecule has 6 heteroatoms. The Labute approximate surface area is 142 Å². The van der Waals surface area contributed by atoms with Gasteiger partial charge in [-0.1, -0.05) is 35.9 Å². The van der Waals surface area contributed by atoms with E-state index in [9.17, 15) is 13.2 Å². The lowest BCUT2D eigenvalue weighted by Crippen LogP contribution is -2.40. The number of hydrogen-bond acceptors (Lipinski definition) is 4. The molecule has 2 aromatic carbocycles. The lowest BCUT2D eigenvalue weighted by molar-refractivity contribution is -0.141. The monoisotopic (exact) mass is 344 g/mol. The predicted octanol–water partition coefficient (Wildman–Crippen LogP) is 2.81. The molecule has 2 heterocycles. The van der Waals surface area contributed by atoms with Crippen LogP contribution in [0.2, 0.25) is 0 Å². The Hall–Kier alpha value is -2.34. The second-order valence-electron chi connectivity index (χ2n) is 6.10. The van der Waals surface area contributed by atoms with Crippen LogP contribution in [0, 0.1) is 12.8 Å². The maximum Gasteiger partial charge on any atom is 0.306 e. The van der Waals surface area contributed by atoms with E-state index >= 15 is 0 Å². The van der Waals surface area contributed by atoms with Crippen LogP contribution < -0.4 is 4.31 Å². The highest BCUT2D eigenvalue weighted by Gasteiger charge is 2.45. The van der Waals surface area contributed by atoms with Gasteiger partial charge in [-0.15, -0.1) is 0 Å². The molecule has 0 amide bonds. The molecule has 0 aliphatic carbocycles. The van der Waals surface area contributed by atoms with Crippen LogP contribution in [0.15, 0.2) is 53.4 Å². The standard InChI is InChI=1S/C18H17NO4S/c1-12-6-8-14(9-7-12)24(21,22)19-11-13-10-17(20)23-18(13)15-4-2-3-5-16(15)19/h2-9,13,18H,10-11H2,1H3/t13-,18-/m0/s1/i10D/t10?,13-,18-. The summed E-state index contributed by atoms with van der Waals surface area (Å²) in [5, 5.41) is 0. The Morgan fingerprint density at radius 3 is 2.62 bits per heavy atom.